The van der Waals surface area contributed by atoms with Crippen LogP contribution >= 0.6 is 0 Å². The molecule has 0 aromatic heterocycles. The molecule has 31 nitrogen and oxygen atoms in total. The zero-order valence-corrected chi connectivity index (χ0v) is 57.9. The van der Waals surface area contributed by atoms with Crippen LogP contribution < -0.4 is 58.5 Å². The predicted molar refractivity (Wildman–Crippen MR) is 346 cm³/mol. The Labute approximate surface area is 557 Å². The van der Waals surface area contributed by atoms with E-state index in [1.165, 1.54) is 13.8 Å². The van der Waals surface area contributed by atoms with E-state index < -0.39 is 223 Å². The first-order chi connectivity index (χ1) is 44.6. The van der Waals surface area contributed by atoms with Crippen LogP contribution in [0.4, 0.5) is 0 Å². The molecule has 11 amide bonds. The molecule has 1 aliphatic rings. The molecule has 1 aliphatic heterocycles. The first-order valence-corrected chi connectivity index (χ1v) is 33.5. The minimum Gasteiger partial charge on any atom is -0.481 e. The van der Waals surface area contributed by atoms with Gasteiger partial charge in [0.05, 0.1) is 38.6 Å². The number of carboxylic acids is 2. The van der Waals surface area contributed by atoms with E-state index in [9.17, 15) is 92.7 Å². The Morgan fingerprint density at radius 1 is 0.495 bits per heavy atom. The van der Waals surface area contributed by atoms with Crippen LogP contribution in [-0.4, -0.2) is 200 Å². The number of aliphatic hydroxyl groups excluding tert-OH is 3. The molecule has 0 aromatic carbocycles. The maximum Gasteiger partial charge on any atom is 0.326 e. The van der Waals surface area contributed by atoms with E-state index in [4.69, 9.17) is 4.74 Å². The molecule has 0 aliphatic carbocycles. The number of carboxylic acid groups (broad SMARTS) is 2. The van der Waals surface area contributed by atoms with Crippen molar-refractivity contribution in [3.63, 3.8) is 0 Å². The molecule has 1 fully saturated rings. The molecule has 0 unspecified atom stereocenters. The van der Waals surface area contributed by atoms with Crippen LogP contribution in [0.2, 0.25) is 0 Å². The fraction of sp³-hybridized carbons (Fsp3) is 0.781. The summed E-state index contributed by atoms with van der Waals surface area (Å²) in [6, 6.07) is -18.9. The van der Waals surface area contributed by atoms with Gasteiger partial charge in [-0.15, -0.1) is 0 Å². The third kappa shape index (κ3) is 28.4. The van der Waals surface area contributed by atoms with Gasteiger partial charge in [-0.25, -0.2) is 4.79 Å². The number of amides is 11. The molecule has 1 heterocycles. The first-order valence-electron chi connectivity index (χ1n) is 33.5. The zero-order chi connectivity index (χ0) is 72.6. The standard InChI is InChI=1S/C64H111N11O20/c1-15-22-23-24-25-26-39(78)27-44(79)69-47(32(8)16-2)57(86)65-40(28-45(80)81)54(83)75-53-38(14)95-46(82)29-41(64(93)94)66-58(87)49(34(10)18-4)72-61(90)51(36(12)20-6)71-56(85)43(31-77)67-59(88)48(33(9)17-3)70-55(84)42(30-76)68-60(89)50(35(11)19-5)73-62(91)52(37(13)21-7)74-63(53)92/h32-43,47-53,76-78H,15-31H2,1-14H3,(H,65,86)(H,66,87)(H,67,88)(H,68,89)(H,69,79)(H,70,84)(H,71,85)(H,72,90)(H,73,91)(H,74,92)(H,75,83)(H,80,81)(H,93,94)/t32-,33-,34-,35-,36+,37+,38+,39+,40-,41+,42+,43+,47+,48+,49+,50+,51+,52+,53-/m0/s1. The lowest BCUT2D eigenvalue weighted by molar-refractivity contribution is -0.156. The number of nitrogens with one attached hydrogen (secondary N) is 11. The van der Waals surface area contributed by atoms with E-state index in [2.05, 4.69) is 65.4 Å². The summed E-state index contributed by atoms with van der Waals surface area (Å²) in [4.78, 5) is 196. The number of hydrogen-bond donors (Lipinski definition) is 16. The number of carbonyl (C=O) groups excluding carboxylic acids is 12. The number of cyclic esters (lactones) is 1. The van der Waals surface area contributed by atoms with E-state index in [0.717, 1.165) is 32.6 Å². The van der Waals surface area contributed by atoms with Crippen LogP contribution in [0.15, 0.2) is 0 Å². The van der Waals surface area contributed by atoms with Gasteiger partial charge in [0.25, 0.3) is 0 Å². The third-order valence-corrected chi connectivity index (χ3v) is 17.8. The van der Waals surface area contributed by atoms with Gasteiger partial charge in [-0.3, -0.25) is 62.3 Å². The fourth-order valence-electron chi connectivity index (χ4n) is 10.1. The van der Waals surface area contributed by atoms with Crippen molar-refractivity contribution in [1.29, 1.82) is 0 Å². The number of ether oxygens (including phenoxy) is 1. The van der Waals surface area contributed by atoms with Gasteiger partial charge in [0.2, 0.25) is 65.0 Å². The van der Waals surface area contributed by atoms with Crippen LogP contribution in [0.3, 0.4) is 0 Å². The van der Waals surface area contributed by atoms with Crippen LogP contribution in [0, 0.1) is 35.5 Å². The SMILES string of the molecule is CCCCCCC[C@@H](O)CC(=O)N[C@@H](C(=O)N[C@@H](CC(=O)O)C(=O)N[C@@H]1C(=O)N[C@H]([C@H](C)CC)C(=O)N[C@H]([C@@H](C)CC)C(=O)N[C@H](CO)C(=O)N[C@H]([C@@H](C)CC)C(=O)N[C@H](CO)C(=O)N[C@H]([C@H](C)CC)C(=O)N[C@H]([C@@H](C)CC)C(=O)N[C@@H](C(=O)O)CC(=O)O[C@@H]1C)[C@@H](C)CC. The number of carbonyl (C=O) groups is 14. The lowest BCUT2D eigenvalue weighted by Gasteiger charge is -2.32. The lowest BCUT2D eigenvalue weighted by atomic mass is 9.94. The smallest absolute Gasteiger partial charge is 0.326 e. The molecular weight excluding hydrogens is 1240 g/mol. The highest BCUT2D eigenvalue weighted by molar-refractivity contribution is 6.00. The van der Waals surface area contributed by atoms with Crippen molar-refractivity contribution >= 4 is 82.9 Å². The van der Waals surface area contributed by atoms with Crippen molar-refractivity contribution < 1.29 is 97.4 Å². The summed E-state index contributed by atoms with van der Waals surface area (Å²) < 4.78 is 5.60. The first kappa shape index (κ1) is 85.5. The average molecular weight is 1350 g/mol. The number of aliphatic carboxylic acids is 2. The Hall–Kier alpha value is -7.54. The van der Waals surface area contributed by atoms with Gasteiger partial charge in [0, 0.05) is 0 Å². The van der Waals surface area contributed by atoms with Crippen molar-refractivity contribution in [3.8, 4) is 0 Å². The highest BCUT2D eigenvalue weighted by atomic mass is 16.5. The van der Waals surface area contributed by atoms with Gasteiger partial charge in [0.1, 0.15) is 72.6 Å². The summed E-state index contributed by atoms with van der Waals surface area (Å²) in [6.07, 6.45) is 0.395. The minimum atomic E-state index is -2.16. The second kappa shape index (κ2) is 43.5. The molecule has 1 rings (SSSR count). The van der Waals surface area contributed by atoms with E-state index in [0.29, 0.717) is 12.8 Å². The van der Waals surface area contributed by atoms with Crippen molar-refractivity contribution in [2.24, 2.45) is 35.5 Å². The summed E-state index contributed by atoms with van der Waals surface area (Å²) >= 11 is 0. The molecule has 19 atom stereocenters. The maximum absolute atomic E-state index is 14.9. The van der Waals surface area contributed by atoms with Crippen LogP contribution in [0.25, 0.3) is 0 Å². The van der Waals surface area contributed by atoms with Crippen molar-refractivity contribution in [3.05, 3.63) is 0 Å². The molecule has 0 radical (unpaired) electrons. The number of unbranched alkanes of at least 4 members (excludes halogenated alkanes) is 4. The van der Waals surface area contributed by atoms with Crippen LogP contribution in [0.5, 0.6) is 0 Å². The van der Waals surface area contributed by atoms with Gasteiger partial charge >= 0.3 is 17.9 Å². The van der Waals surface area contributed by atoms with E-state index in [1.54, 1.807) is 69.2 Å². The minimum absolute atomic E-state index is 0.141. The number of esters is 1. The third-order valence-electron chi connectivity index (χ3n) is 17.8. The molecule has 0 saturated carbocycles. The Bertz CT molecular complexity index is 2580. The molecule has 0 bridgehead atoms. The number of aliphatic hydroxyl groups is 3. The van der Waals surface area contributed by atoms with Gasteiger partial charge in [-0.1, -0.05) is 161 Å². The quantitative estimate of drug-likeness (QED) is 0.0321. The Kier molecular flexibility index (Phi) is 39.2. The summed E-state index contributed by atoms with van der Waals surface area (Å²) in [5, 5.41) is 79.1. The molecule has 542 valence electrons. The molecule has 0 aromatic rings. The van der Waals surface area contributed by atoms with E-state index in [1.807, 2.05) is 0 Å². The Morgan fingerprint density at radius 3 is 1.26 bits per heavy atom. The predicted octanol–water partition coefficient (Wildman–Crippen LogP) is -0.413. The fourth-order valence-corrected chi connectivity index (χ4v) is 10.1. The summed E-state index contributed by atoms with van der Waals surface area (Å²) in [7, 11) is 0. The summed E-state index contributed by atoms with van der Waals surface area (Å²) in [5.41, 5.74) is 0. The highest BCUT2D eigenvalue weighted by Crippen LogP contribution is 2.19. The average Bonchev–Trinajstić information content (AvgIpc) is 0.982. The lowest BCUT2D eigenvalue weighted by Crippen LogP contribution is -2.64. The molecule has 95 heavy (non-hydrogen) atoms. The summed E-state index contributed by atoms with van der Waals surface area (Å²) in [5.74, 6) is -21.0. The molecular formula is C64H111N11O20. The normalized spacial score (nSPS) is 25.8. The van der Waals surface area contributed by atoms with Crippen LogP contribution in [-0.2, 0) is 71.9 Å². The van der Waals surface area contributed by atoms with E-state index >= 15 is 0 Å². The van der Waals surface area contributed by atoms with Gasteiger partial charge in [0.15, 0.2) is 0 Å². The van der Waals surface area contributed by atoms with Gasteiger partial charge in [-0.05, 0) is 48.9 Å². The van der Waals surface area contributed by atoms with Crippen LogP contribution in [0.1, 0.15) is 193 Å². The van der Waals surface area contributed by atoms with Crippen molar-refractivity contribution in [1.82, 2.24) is 58.5 Å². The highest BCUT2D eigenvalue weighted by Gasteiger charge is 2.42. The van der Waals surface area contributed by atoms with E-state index in [-0.39, 0.29) is 44.9 Å². The van der Waals surface area contributed by atoms with Crippen molar-refractivity contribution in [2.45, 2.75) is 272 Å². The molecule has 16 N–H and O–H groups in total. The Balaban J connectivity index is 4.25. The largest absolute Gasteiger partial charge is 0.481 e. The van der Waals surface area contributed by atoms with Gasteiger partial charge < -0.3 is 88.8 Å². The topological polar surface area (TPSA) is 482 Å². The molecule has 31 heteroatoms. The Morgan fingerprint density at radius 2 is 0.884 bits per heavy atom. The zero-order valence-electron chi connectivity index (χ0n) is 57.9. The monoisotopic (exact) mass is 1350 g/mol. The maximum atomic E-state index is 14.9. The number of hydrogen-bond acceptors (Lipinski definition) is 18. The molecule has 1 saturated heterocycles. The molecule has 0 spiro atoms. The second-order valence-corrected chi connectivity index (χ2v) is 25.3. The summed E-state index contributed by atoms with van der Waals surface area (Å²) in [6.45, 7) is 20.4. The van der Waals surface area contributed by atoms with Gasteiger partial charge in [-0.2, -0.15) is 0 Å². The van der Waals surface area contributed by atoms with Crippen molar-refractivity contribution in [2.75, 3.05) is 13.2 Å². The number of rotatable bonds is 30. The second-order valence-electron chi connectivity index (χ2n) is 25.3.